The van der Waals surface area contributed by atoms with Crippen molar-refractivity contribution in [2.75, 3.05) is 18.5 Å². The molecule has 0 saturated carbocycles. The summed E-state index contributed by atoms with van der Waals surface area (Å²) < 4.78 is 6.54. The van der Waals surface area contributed by atoms with Crippen molar-refractivity contribution in [1.82, 2.24) is 10.2 Å². The van der Waals surface area contributed by atoms with E-state index < -0.39 is 29.6 Å². The van der Waals surface area contributed by atoms with E-state index in [0.717, 1.165) is 22.4 Å². The van der Waals surface area contributed by atoms with Gasteiger partial charge in [-0.15, -0.1) is 0 Å². The first-order chi connectivity index (χ1) is 18.3. The van der Waals surface area contributed by atoms with Crippen molar-refractivity contribution in [2.45, 2.75) is 62.2 Å². The molecule has 3 N–H and O–H groups in total. The number of nitrogens with one attached hydrogen (secondary N) is 2. The second-order valence-corrected chi connectivity index (χ2v) is 11.8. The summed E-state index contributed by atoms with van der Waals surface area (Å²) in [5, 5.41) is 15.4. The Labute approximate surface area is 231 Å². The van der Waals surface area contributed by atoms with E-state index in [1.165, 1.54) is 0 Å². The number of fused-ring (bicyclic) bond motifs is 1. The minimum Gasteiger partial charge on any atom is -0.396 e. The summed E-state index contributed by atoms with van der Waals surface area (Å²) in [7, 11) is 0. The number of alkyl halides is 1. The minimum absolute atomic E-state index is 0.00242. The maximum absolute atomic E-state index is 14.0. The molecule has 8 nitrogen and oxygen atoms in total. The monoisotopic (exact) mass is 583 g/mol. The van der Waals surface area contributed by atoms with Gasteiger partial charge in [0.1, 0.15) is 11.6 Å². The van der Waals surface area contributed by atoms with E-state index >= 15 is 0 Å². The van der Waals surface area contributed by atoms with E-state index in [4.69, 9.17) is 4.74 Å². The van der Waals surface area contributed by atoms with Gasteiger partial charge >= 0.3 is 0 Å². The SMILES string of the molecule is Cc1cccc(C)c1NC(=O)C1N(CCCCO)C(=O)[C@@H]2[C@@H](C(=O)NCc3ccccc3)[C@@H]3OC12CC3Br. The van der Waals surface area contributed by atoms with Gasteiger partial charge in [0.2, 0.25) is 17.7 Å². The maximum Gasteiger partial charge on any atom is 0.250 e. The summed E-state index contributed by atoms with van der Waals surface area (Å²) >= 11 is 3.70. The normalized spacial score (nSPS) is 29.4. The first kappa shape index (κ1) is 26.8. The number of aliphatic hydroxyl groups excluding tert-OH is 1. The molecular formula is C29H34BrN3O5. The van der Waals surface area contributed by atoms with Crippen LogP contribution >= 0.6 is 15.9 Å². The molecule has 202 valence electrons. The van der Waals surface area contributed by atoms with E-state index in [0.29, 0.717) is 32.4 Å². The zero-order chi connectivity index (χ0) is 27.0. The molecule has 3 aliphatic heterocycles. The van der Waals surface area contributed by atoms with Crippen molar-refractivity contribution in [3.63, 3.8) is 0 Å². The largest absolute Gasteiger partial charge is 0.396 e. The fourth-order valence-corrected chi connectivity index (χ4v) is 7.41. The number of amides is 3. The van der Waals surface area contributed by atoms with Crippen LogP contribution in [0.25, 0.3) is 0 Å². The highest BCUT2D eigenvalue weighted by Gasteiger charge is 2.76. The molecule has 0 radical (unpaired) electrons. The van der Waals surface area contributed by atoms with Gasteiger partial charge in [-0.3, -0.25) is 14.4 Å². The number of carbonyl (C=O) groups excluding carboxylic acids is 3. The van der Waals surface area contributed by atoms with Crippen molar-refractivity contribution in [2.24, 2.45) is 11.8 Å². The highest BCUT2D eigenvalue weighted by atomic mass is 79.9. The van der Waals surface area contributed by atoms with Gasteiger partial charge in [-0.1, -0.05) is 64.5 Å². The summed E-state index contributed by atoms with van der Waals surface area (Å²) in [6, 6.07) is 14.5. The third-order valence-electron chi connectivity index (χ3n) is 8.19. The minimum atomic E-state index is -1.11. The Morgan fingerprint density at radius 3 is 2.47 bits per heavy atom. The van der Waals surface area contributed by atoms with Crippen LogP contribution in [0, 0.1) is 25.7 Å². The van der Waals surface area contributed by atoms with Crippen molar-refractivity contribution < 1.29 is 24.2 Å². The van der Waals surface area contributed by atoms with Crippen molar-refractivity contribution in [3.8, 4) is 0 Å². The Morgan fingerprint density at radius 1 is 1.08 bits per heavy atom. The van der Waals surface area contributed by atoms with E-state index in [1.54, 1.807) is 4.90 Å². The van der Waals surface area contributed by atoms with Crippen LogP contribution in [0.15, 0.2) is 48.5 Å². The molecule has 5 rings (SSSR count). The topological polar surface area (TPSA) is 108 Å². The predicted octanol–water partition coefficient (Wildman–Crippen LogP) is 3.08. The first-order valence-corrected chi connectivity index (χ1v) is 14.1. The lowest BCUT2D eigenvalue weighted by molar-refractivity contribution is -0.140. The van der Waals surface area contributed by atoms with E-state index in [-0.39, 0.29) is 29.2 Å². The van der Waals surface area contributed by atoms with E-state index in [1.807, 2.05) is 62.4 Å². The Morgan fingerprint density at radius 2 is 1.79 bits per heavy atom. The number of benzene rings is 2. The lowest BCUT2D eigenvalue weighted by Gasteiger charge is -2.34. The number of likely N-dealkylation sites (tertiary alicyclic amines) is 1. The summed E-state index contributed by atoms with van der Waals surface area (Å²) in [5.74, 6) is -2.24. The standard InChI is InChI=1S/C29H34BrN3O5/c1-17-9-8-10-18(2)23(17)32-27(36)25-29-15-20(30)24(38-29)21(22(29)28(37)33(25)13-6-7-14-34)26(35)31-16-19-11-4-3-5-12-19/h3-5,8-12,20-22,24-25,34H,6-7,13-16H2,1-2H3,(H,31,35)(H,32,36)/t20?,21-,22+,24-,25?,29?/m1/s1. The molecule has 2 aromatic carbocycles. The molecular weight excluding hydrogens is 550 g/mol. The second-order valence-electron chi connectivity index (χ2n) is 10.6. The number of hydrogen-bond acceptors (Lipinski definition) is 5. The summed E-state index contributed by atoms with van der Waals surface area (Å²) in [6.07, 6.45) is 1.01. The van der Waals surface area contributed by atoms with Gasteiger partial charge < -0.3 is 25.4 Å². The molecule has 38 heavy (non-hydrogen) atoms. The molecule has 3 amide bonds. The maximum atomic E-state index is 14.0. The number of ether oxygens (including phenoxy) is 1. The molecule has 0 aliphatic carbocycles. The molecule has 3 fully saturated rings. The number of unbranched alkanes of at least 4 members (excludes halogenated alkanes) is 1. The van der Waals surface area contributed by atoms with Crippen LogP contribution in [0.5, 0.6) is 0 Å². The van der Waals surface area contributed by atoms with E-state index in [2.05, 4.69) is 26.6 Å². The second kappa shape index (κ2) is 10.8. The molecule has 2 aromatic rings. The molecule has 3 unspecified atom stereocenters. The summed E-state index contributed by atoms with van der Waals surface area (Å²) in [5.41, 5.74) is 2.43. The van der Waals surface area contributed by atoms with Gasteiger partial charge in [0, 0.05) is 30.2 Å². The number of halogens is 1. The van der Waals surface area contributed by atoms with Gasteiger partial charge in [0.15, 0.2) is 0 Å². The van der Waals surface area contributed by atoms with E-state index in [9.17, 15) is 19.5 Å². The Hall–Kier alpha value is -2.75. The number of aryl methyl sites for hydroxylation is 2. The fraction of sp³-hybridized carbons (Fsp3) is 0.483. The van der Waals surface area contributed by atoms with Crippen molar-refractivity contribution in [3.05, 3.63) is 65.2 Å². The van der Waals surface area contributed by atoms with Crippen LogP contribution < -0.4 is 10.6 Å². The molecule has 3 saturated heterocycles. The fourth-order valence-electron chi connectivity index (χ4n) is 6.47. The Balaban J connectivity index is 1.46. The number of anilines is 1. The molecule has 3 aliphatic rings. The van der Waals surface area contributed by atoms with Gasteiger partial charge in [0.05, 0.1) is 17.9 Å². The number of aliphatic hydroxyl groups is 1. The predicted molar refractivity (Wildman–Crippen MR) is 147 cm³/mol. The molecule has 1 spiro atoms. The highest BCUT2D eigenvalue weighted by molar-refractivity contribution is 9.09. The van der Waals surface area contributed by atoms with Crippen molar-refractivity contribution >= 4 is 39.3 Å². The van der Waals surface area contributed by atoms with Gasteiger partial charge in [-0.05, 0) is 49.8 Å². The Kier molecular flexibility index (Phi) is 7.62. The molecule has 6 atom stereocenters. The number of carbonyl (C=O) groups is 3. The van der Waals surface area contributed by atoms with Gasteiger partial charge in [-0.2, -0.15) is 0 Å². The zero-order valence-corrected chi connectivity index (χ0v) is 23.2. The van der Waals surface area contributed by atoms with Crippen LogP contribution in [0.2, 0.25) is 0 Å². The lowest BCUT2D eigenvalue weighted by Crippen LogP contribution is -2.54. The third-order valence-corrected chi connectivity index (χ3v) is 9.03. The molecule has 9 heteroatoms. The molecule has 3 heterocycles. The summed E-state index contributed by atoms with van der Waals surface area (Å²) in [6.45, 7) is 4.52. The number of para-hydroxylation sites is 1. The average molecular weight is 585 g/mol. The number of hydrogen-bond donors (Lipinski definition) is 3. The van der Waals surface area contributed by atoms with Gasteiger partial charge in [0.25, 0.3) is 0 Å². The van der Waals surface area contributed by atoms with Crippen LogP contribution in [0.4, 0.5) is 5.69 Å². The van der Waals surface area contributed by atoms with Crippen LogP contribution in [0.3, 0.4) is 0 Å². The number of rotatable bonds is 9. The first-order valence-electron chi connectivity index (χ1n) is 13.2. The Bertz CT molecular complexity index is 1200. The summed E-state index contributed by atoms with van der Waals surface area (Å²) in [4.78, 5) is 42.9. The van der Waals surface area contributed by atoms with Crippen LogP contribution in [-0.2, 0) is 25.7 Å². The zero-order valence-electron chi connectivity index (χ0n) is 21.7. The number of nitrogens with zero attached hydrogens (tertiary/aromatic N) is 1. The van der Waals surface area contributed by atoms with Crippen LogP contribution in [0.1, 0.15) is 36.0 Å². The molecule has 2 bridgehead atoms. The lowest BCUT2D eigenvalue weighted by atomic mass is 9.70. The average Bonchev–Trinajstić information content (AvgIpc) is 3.49. The van der Waals surface area contributed by atoms with Crippen molar-refractivity contribution in [1.29, 1.82) is 0 Å². The smallest absolute Gasteiger partial charge is 0.250 e. The van der Waals surface area contributed by atoms with Gasteiger partial charge in [-0.25, -0.2) is 0 Å². The third kappa shape index (κ3) is 4.54. The molecule has 0 aromatic heterocycles. The quantitative estimate of drug-likeness (QED) is 0.310. The highest BCUT2D eigenvalue weighted by Crippen LogP contribution is 2.60. The van der Waals surface area contributed by atoms with Crippen LogP contribution in [-0.4, -0.2) is 63.5 Å².